The summed E-state index contributed by atoms with van der Waals surface area (Å²) in [6, 6.07) is 13.2. The summed E-state index contributed by atoms with van der Waals surface area (Å²) < 4.78 is 10.4. The van der Waals surface area contributed by atoms with E-state index >= 15 is 0 Å². The minimum absolute atomic E-state index is 0.181. The minimum atomic E-state index is -0.181. The van der Waals surface area contributed by atoms with Gasteiger partial charge in [0.15, 0.2) is 11.5 Å². The first kappa shape index (κ1) is 16.9. The van der Waals surface area contributed by atoms with Crippen LogP contribution in [0, 0.1) is 0 Å². The molecule has 0 fully saturated rings. The number of carbonyl (C=O) groups excluding carboxylic acids is 1. The van der Waals surface area contributed by atoms with Crippen molar-refractivity contribution in [2.45, 2.75) is 6.54 Å². The van der Waals surface area contributed by atoms with E-state index in [4.69, 9.17) is 21.1 Å². The van der Waals surface area contributed by atoms with Crippen LogP contribution in [0.3, 0.4) is 0 Å². The Labute approximate surface area is 140 Å². The van der Waals surface area contributed by atoms with Crippen LogP contribution < -0.4 is 14.8 Å². The van der Waals surface area contributed by atoms with Gasteiger partial charge in [0.25, 0.3) is 0 Å². The molecule has 0 saturated carbocycles. The Morgan fingerprint density at radius 2 is 1.91 bits per heavy atom. The van der Waals surface area contributed by atoms with Crippen molar-refractivity contribution in [3.63, 3.8) is 0 Å². The van der Waals surface area contributed by atoms with E-state index in [1.165, 1.54) is 20.3 Å². The van der Waals surface area contributed by atoms with Crippen molar-refractivity contribution in [3.8, 4) is 11.5 Å². The molecule has 0 atom stereocenters. The number of methoxy groups -OCH3 is 2. The topological polar surface area (TPSA) is 47.6 Å². The van der Waals surface area contributed by atoms with Gasteiger partial charge in [0.05, 0.1) is 19.2 Å². The minimum Gasteiger partial charge on any atom is -0.493 e. The summed E-state index contributed by atoms with van der Waals surface area (Å²) in [6.07, 6.45) is 3.13. The van der Waals surface area contributed by atoms with E-state index in [9.17, 15) is 4.79 Å². The molecule has 0 spiro atoms. The summed E-state index contributed by atoms with van der Waals surface area (Å²) in [5.74, 6) is 0.809. The molecule has 0 unspecified atom stereocenters. The molecule has 1 amide bonds. The van der Waals surface area contributed by atoms with Crippen LogP contribution in [0.1, 0.15) is 11.1 Å². The van der Waals surface area contributed by atoms with Gasteiger partial charge in [-0.25, -0.2) is 0 Å². The Bertz CT molecular complexity index is 699. The van der Waals surface area contributed by atoms with E-state index in [0.29, 0.717) is 23.1 Å². The van der Waals surface area contributed by atoms with E-state index in [0.717, 1.165) is 11.1 Å². The lowest BCUT2D eigenvalue weighted by Crippen LogP contribution is -2.20. The lowest BCUT2D eigenvalue weighted by atomic mass is 10.2. The molecule has 23 heavy (non-hydrogen) atoms. The predicted octanol–water partition coefficient (Wildman–Crippen LogP) is 3.69. The quantitative estimate of drug-likeness (QED) is 0.821. The molecule has 0 aliphatic carbocycles. The van der Waals surface area contributed by atoms with Crippen LogP contribution in [0.4, 0.5) is 0 Å². The van der Waals surface area contributed by atoms with Gasteiger partial charge >= 0.3 is 0 Å². The van der Waals surface area contributed by atoms with Gasteiger partial charge in [0.1, 0.15) is 0 Å². The molecule has 0 aliphatic rings. The second-order valence-electron chi connectivity index (χ2n) is 4.77. The van der Waals surface area contributed by atoms with Crippen molar-refractivity contribution in [2.24, 2.45) is 0 Å². The fourth-order valence-corrected chi connectivity index (χ4v) is 2.35. The maximum Gasteiger partial charge on any atom is 0.244 e. The maximum atomic E-state index is 11.9. The standard InChI is InChI=1S/C18H18ClNO3/c1-22-16-11-14(10-15(19)18(16)23-2)8-9-17(21)20-12-13-6-4-3-5-7-13/h3-11H,12H2,1-2H3,(H,20,21)/b9-8+. The highest BCUT2D eigenvalue weighted by molar-refractivity contribution is 6.32. The summed E-state index contributed by atoms with van der Waals surface area (Å²) in [6.45, 7) is 0.483. The van der Waals surface area contributed by atoms with Gasteiger partial charge in [-0.2, -0.15) is 0 Å². The normalized spacial score (nSPS) is 10.6. The second kappa shape index (κ2) is 8.25. The van der Waals surface area contributed by atoms with Gasteiger partial charge in [-0.1, -0.05) is 41.9 Å². The Morgan fingerprint density at radius 3 is 2.57 bits per heavy atom. The molecule has 2 aromatic rings. The molecule has 5 heteroatoms. The third-order valence-corrected chi connectivity index (χ3v) is 3.47. The van der Waals surface area contributed by atoms with Gasteiger partial charge < -0.3 is 14.8 Å². The van der Waals surface area contributed by atoms with Gasteiger partial charge in [0, 0.05) is 12.6 Å². The van der Waals surface area contributed by atoms with Crippen LogP contribution in [0.25, 0.3) is 6.08 Å². The first-order valence-electron chi connectivity index (χ1n) is 7.05. The lowest BCUT2D eigenvalue weighted by Gasteiger charge is -2.10. The number of ether oxygens (including phenoxy) is 2. The first-order chi connectivity index (χ1) is 11.1. The van der Waals surface area contributed by atoms with Crippen molar-refractivity contribution in [1.82, 2.24) is 5.32 Å². The largest absolute Gasteiger partial charge is 0.493 e. The first-order valence-corrected chi connectivity index (χ1v) is 7.43. The third-order valence-electron chi connectivity index (χ3n) is 3.19. The SMILES string of the molecule is COc1cc(/C=C/C(=O)NCc2ccccc2)cc(Cl)c1OC. The molecule has 0 heterocycles. The van der Waals surface area contributed by atoms with Gasteiger partial charge in [0.2, 0.25) is 5.91 Å². The second-order valence-corrected chi connectivity index (χ2v) is 5.18. The van der Waals surface area contributed by atoms with E-state index in [2.05, 4.69) is 5.32 Å². The zero-order valence-electron chi connectivity index (χ0n) is 13.0. The number of nitrogens with one attached hydrogen (secondary N) is 1. The van der Waals surface area contributed by atoms with E-state index < -0.39 is 0 Å². The Morgan fingerprint density at radius 1 is 1.17 bits per heavy atom. The lowest BCUT2D eigenvalue weighted by molar-refractivity contribution is -0.116. The average molecular weight is 332 g/mol. The molecule has 0 radical (unpaired) electrons. The number of carbonyl (C=O) groups is 1. The molecule has 0 bridgehead atoms. The smallest absolute Gasteiger partial charge is 0.244 e. The molecule has 0 saturated heterocycles. The number of halogens is 1. The predicted molar refractivity (Wildman–Crippen MR) is 91.9 cm³/mol. The van der Waals surface area contributed by atoms with Crippen LogP contribution in [0.15, 0.2) is 48.5 Å². The van der Waals surface area contributed by atoms with Crippen LogP contribution in [-0.4, -0.2) is 20.1 Å². The monoisotopic (exact) mass is 331 g/mol. The number of hydrogen-bond acceptors (Lipinski definition) is 3. The molecular formula is C18H18ClNO3. The van der Waals surface area contributed by atoms with Gasteiger partial charge in [-0.15, -0.1) is 0 Å². The van der Waals surface area contributed by atoms with Crippen molar-refractivity contribution in [3.05, 3.63) is 64.7 Å². The zero-order chi connectivity index (χ0) is 16.7. The molecular weight excluding hydrogens is 314 g/mol. The molecule has 4 nitrogen and oxygen atoms in total. The van der Waals surface area contributed by atoms with Crippen LogP contribution in [0.2, 0.25) is 5.02 Å². The Hall–Kier alpha value is -2.46. The highest BCUT2D eigenvalue weighted by atomic mass is 35.5. The Kier molecular flexibility index (Phi) is 6.06. The van der Waals surface area contributed by atoms with Crippen LogP contribution in [-0.2, 0) is 11.3 Å². The average Bonchev–Trinajstić information content (AvgIpc) is 2.58. The summed E-state index contributed by atoms with van der Waals surface area (Å²) in [4.78, 5) is 11.9. The maximum absolute atomic E-state index is 11.9. The molecule has 2 aromatic carbocycles. The number of benzene rings is 2. The summed E-state index contributed by atoms with van der Waals surface area (Å²) in [5, 5.41) is 3.25. The van der Waals surface area contributed by atoms with E-state index in [1.807, 2.05) is 30.3 Å². The van der Waals surface area contributed by atoms with Gasteiger partial charge in [-0.3, -0.25) is 4.79 Å². The fraction of sp³-hybridized carbons (Fsp3) is 0.167. The molecule has 120 valence electrons. The molecule has 0 aliphatic heterocycles. The van der Waals surface area contributed by atoms with Gasteiger partial charge in [-0.05, 0) is 29.3 Å². The van der Waals surface area contributed by atoms with Crippen LogP contribution >= 0.6 is 11.6 Å². The highest BCUT2D eigenvalue weighted by Crippen LogP contribution is 2.36. The Balaban J connectivity index is 2.02. The number of amides is 1. The molecule has 0 aromatic heterocycles. The fourth-order valence-electron chi connectivity index (χ4n) is 2.05. The van der Waals surface area contributed by atoms with Crippen molar-refractivity contribution in [1.29, 1.82) is 0 Å². The number of rotatable bonds is 6. The summed E-state index contributed by atoms with van der Waals surface area (Å²) in [5.41, 5.74) is 1.80. The third kappa shape index (κ3) is 4.76. The van der Waals surface area contributed by atoms with E-state index in [1.54, 1.807) is 18.2 Å². The van der Waals surface area contributed by atoms with E-state index in [-0.39, 0.29) is 5.91 Å². The summed E-state index contributed by atoms with van der Waals surface area (Å²) >= 11 is 6.13. The molecule has 1 N–H and O–H groups in total. The highest BCUT2D eigenvalue weighted by Gasteiger charge is 2.09. The molecule has 2 rings (SSSR count). The van der Waals surface area contributed by atoms with Crippen molar-refractivity contribution >= 4 is 23.6 Å². The zero-order valence-corrected chi connectivity index (χ0v) is 13.8. The van der Waals surface area contributed by atoms with Crippen molar-refractivity contribution in [2.75, 3.05) is 14.2 Å². The van der Waals surface area contributed by atoms with Crippen LogP contribution in [0.5, 0.6) is 11.5 Å². The number of hydrogen-bond donors (Lipinski definition) is 1. The summed E-state index contributed by atoms with van der Waals surface area (Å²) in [7, 11) is 3.06. The van der Waals surface area contributed by atoms with Crippen molar-refractivity contribution < 1.29 is 14.3 Å².